The van der Waals surface area contributed by atoms with Crippen LogP contribution in [-0.2, 0) is 15.2 Å². The summed E-state index contributed by atoms with van der Waals surface area (Å²) in [6.45, 7) is 6.05. The Morgan fingerprint density at radius 3 is 2.36 bits per heavy atom. The summed E-state index contributed by atoms with van der Waals surface area (Å²) < 4.78 is 9.80. The van der Waals surface area contributed by atoms with Gasteiger partial charge in [-0.15, -0.1) is 0 Å². The number of ether oxygens (including phenoxy) is 2. The molecule has 1 rings (SSSR count). The first-order chi connectivity index (χ1) is 10.3. The Morgan fingerprint density at radius 2 is 1.82 bits per heavy atom. The number of esters is 1. The number of methoxy groups -OCH3 is 1. The van der Waals surface area contributed by atoms with Gasteiger partial charge in [0.15, 0.2) is 0 Å². The zero-order chi connectivity index (χ0) is 16.6. The lowest BCUT2D eigenvalue weighted by molar-refractivity contribution is 0.0530. The van der Waals surface area contributed by atoms with Gasteiger partial charge in [0.2, 0.25) is 0 Å². The molecule has 0 heterocycles. The van der Waals surface area contributed by atoms with Crippen molar-refractivity contribution in [1.82, 2.24) is 5.32 Å². The molecular formula is C16H23NO4S. The molecule has 1 N–H and O–H groups in total. The molecule has 22 heavy (non-hydrogen) atoms. The fourth-order valence-corrected chi connectivity index (χ4v) is 2.40. The van der Waals surface area contributed by atoms with Crippen molar-refractivity contribution >= 4 is 23.8 Å². The molecule has 0 aliphatic carbocycles. The van der Waals surface area contributed by atoms with Crippen molar-refractivity contribution in [2.24, 2.45) is 0 Å². The standard InChI is InChI=1S/C16H23NO4S/c1-16(2,3)21-15(19)17-9-10-22-11-12-5-7-13(8-6-12)14(18)20-4/h5-8H,9-11H2,1-4H3,(H,17,19). The predicted octanol–water partition coefficient (Wildman–Crippen LogP) is 3.23. The molecule has 0 saturated carbocycles. The van der Waals surface area contributed by atoms with Crippen LogP contribution < -0.4 is 5.32 Å². The predicted molar refractivity (Wildman–Crippen MR) is 88.2 cm³/mol. The summed E-state index contributed by atoms with van der Waals surface area (Å²) in [5, 5.41) is 2.71. The zero-order valence-corrected chi connectivity index (χ0v) is 14.3. The average Bonchev–Trinajstić information content (AvgIpc) is 2.45. The molecule has 0 radical (unpaired) electrons. The van der Waals surface area contributed by atoms with E-state index in [2.05, 4.69) is 10.1 Å². The van der Waals surface area contributed by atoms with Gasteiger partial charge in [0.1, 0.15) is 5.60 Å². The first-order valence-corrected chi connectivity index (χ1v) is 8.19. The topological polar surface area (TPSA) is 64.6 Å². The maximum absolute atomic E-state index is 11.4. The lowest BCUT2D eigenvalue weighted by Gasteiger charge is -2.19. The molecule has 0 aliphatic heterocycles. The van der Waals surface area contributed by atoms with Crippen molar-refractivity contribution in [3.63, 3.8) is 0 Å². The van der Waals surface area contributed by atoms with Crippen molar-refractivity contribution in [2.45, 2.75) is 32.1 Å². The van der Waals surface area contributed by atoms with Crippen LogP contribution in [0.25, 0.3) is 0 Å². The number of alkyl carbamates (subject to hydrolysis) is 1. The number of carbonyl (C=O) groups is 2. The minimum Gasteiger partial charge on any atom is -0.465 e. The molecule has 0 aromatic heterocycles. The third-order valence-corrected chi connectivity index (χ3v) is 3.59. The fourth-order valence-electron chi connectivity index (χ4n) is 1.58. The molecule has 0 bridgehead atoms. The normalized spacial score (nSPS) is 10.9. The SMILES string of the molecule is COC(=O)c1ccc(CSCCNC(=O)OC(C)(C)C)cc1. The molecule has 6 heteroatoms. The van der Waals surface area contributed by atoms with Crippen LogP contribution in [0, 0.1) is 0 Å². The van der Waals surface area contributed by atoms with E-state index in [9.17, 15) is 9.59 Å². The van der Waals surface area contributed by atoms with Crippen LogP contribution >= 0.6 is 11.8 Å². The van der Waals surface area contributed by atoms with E-state index in [-0.39, 0.29) is 5.97 Å². The van der Waals surface area contributed by atoms with Crippen LogP contribution in [0.15, 0.2) is 24.3 Å². The summed E-state index contributed by atoms with van der Waals surface area (Å²) in [5.41, 5.74) is 1.19. The lowest BCUT2D eigenvalue weighted by atomic mass is 10.1. The fraction of sp³-hybridized carbons (Fsp3) is 0.500. The number of hydrogen-bond acceptors (Lipinski definition) is 5. The minimum absolute atomic E-state index is 0.333. The second kappa shape index (κ2) is 8.68. The Balaban J connectivity index is 2.22. The molecule has 1 amide bonds. The van der Waals surface area contributed by atoms with Gasteiger partial charge in [0, 0.05) is 18.1 Å². The minimum atomic E-state index is -0.474. The molecule has 0 unspecified atom stereocenters. The van der Waals surface area contributed by atoms with E-state index in [1.54, 1.807) is 23.9 Å². The maximum Gasteiger partial charge on any atom is 0.407 e. The Labute approximate surface area is 135 Å². The van der Waals surface area contributed by atoms with Crippen LogP contribution in [0.5, 0.6) is 0 Å². The van der Waals surface area contributed by atoms with Crippen LogP contribution in [0.3, 0.4) is 0 Å². The monoisotopic (exact) mass is 325 g/mol. The highest BCUT2D eigenvalue weighted by atomic mass is 32.2. The summed E-state index contributed by atoms with van der Waals surface area (Å²) in [4.78, 5) is 22.7. The van der Waals surface area contributed by atoms with E-state index in [0.29, 0.717) is 12.1 Å². The summed E-state index contributed by atoms with van der Waals surface area (Å²) in [7, 11) is 1.36. The molecule has 1 aromatic rings. The van der Waals surface area contributed by atoms with Gasteiger partial charge in [-0.25, -0.2) is 9.59 Å². The molecular weight excluding hydrogens is 302 g/mol. The van der Waals surface area contributed by atoms with Gasteiger partial charge in [-0.3, -0.25) is 0 Å². The van der Waals surface area contributed by atoms with Gasteiger partial charge >= 0.3 is 12.1 Å². The van der Waals surface area contributed by atoms with Gasteiger partial charge in [-0.2, -0.15) is 11.8 Å². The maximum atomic E-state index is 11.4. The summed E-state index contributed by atoms with van der Waals surface area (Å²) >= 11 is 1.70. The second-order valence-corrected chi connectivity index (χ2v) is 6.77. The zero-order valence-electron chi connectivity index (χ0n) is 13.5. The van der Waals surface area contributed by atoms with E-state index in [1.165, 1.54) is 7.11 Å². The van der Waals surface area contributed by atoms with E-state index >= 15 is 0 Å². The highest BCUT2D eigenvalue weighted by Gasteiger charge is 2.15. The lowest BCUT2D eigenvalue weighted by Crippen LogP contribution is -2.33. The van der Waals surface area contributed by atoms with E-state index in [0.717, 1.165) is 17.1 Å². The smallest absolute Gasteiger partial charge is 0.407 e. The number of benzene rings is 1. The van der Waals surface area contributed by atoms with E-state index < -0.39 is 11.7 Å². The van der Waals surface area contributed by atoms with Crippen molar-refractivity contribution < 1.29 is 19.1 Å². The van der Waals surface area contributed by atoms with Crippen LogP contribution in [0.2, 0.25) is 0 Å². The van der Waals surface area contributed by atoms with Gasteiger partial charge in [0.05, 0.1) is 12.7 Å². The second-order valence-electron chi connectivity index (χ2n) is 5.67. The summed E-state index contributed by atoms with van der Waals surface area (Å²) in [5.74, 6) is 1.27. The van der Waals surface area contributed by atoms with E-state index in [4.69, 9.17) is 4.74 Å². The van der Waals surface area contributed by atoms with Gasteiger partial charge in [-0.05, 0) is 38.5 Å². The molecule has 0 spiro atoms. The average molecular weight is 325 g/mol. The van der Waals surface area contributed by atoms with Crippen molar-refractivity contribution in [1.29, 1.82) is 0 Å². The molecule has 0 atom stereocenters. The quantitative estimate of drug-likeness (QED) is 0.642. The van der Waals surface area contributed by atoms with Gasteiger partial charge < -0.3 is 14.8 Å². The highest BCUT2D eigenvalue weighted by molar-refractivity contribution is 7.98. The Kier molecular flexibility index (Phi) is 7.24. The molecule has 0 saturated heterocycles. The first kappa shape index (κ1) is 18.4. The first-order valence-electron chi connectivity index (χ1n) is 7.03. The largest absolute Gasteiger partial charge is 0.465 e. The van der Waals surface area contributed by atoms with Crippen LogP contribution in [0.4, 0.5) is 4.79 Å². The Bertz CT molecular complexity index is 494. The van der Waals surface area contributed by atoms with E-state index in [1.807, 2.05) is 32.9 Å². The highest BCUT2D eigenvalue weighted by Crippen LogP contribution is 2.13. The number of rotatable bonds is 6. The summed E-state index contributed by atoms with van der Waals surface area (Å²) in [6.07, 6.45) is -0.393. The number of hydrogen-bond donors (Lipinski definition) is 1. The third-order valence-electron chi connectivity index (χ3n) is 2.56. The molecule has 5 nitrogen and oxygen atoms in total. The van der Waals surface area contributed by atoms with Gasteiger partial charge in [0.25, 0.3) is 0 Å². The number of carbonyl (C=O) groups excluding carboxylic acids is 2. The molecule has 122 valence electrons. The Morgan fingerprint density at radius 1 is 1.18 bits per heavy atom. The third kappa shape index (κ3) is 7.36. The van der Waals surface area contributed by atoms with Crippen molar-refractivity contribution in [2.75, 3.05) is 19.4 Å². The van der Waals surface area contributed by atoms with Crippen molar-refractivity contribution in [3.05, 3.63) is 35.4 Å². The van der Waals surface area contributed by atoms with Gasteiger partial charge in [-0.1, -0.05) is 12.1 Å². The molecule has 0 aliphatic rings. The number of thioether (sulfide) groups is 1. The number of amides is 1. The Hall–Kier alpha value is -1.69. The van der Waals surface area contributed by atoms with Crippen LogP contribution in [-0.4, -0.2) is 37.1 Å². The van der Waals surface area contributed by atoms with Crippen molar-refractivity contribution in [3.8, 4) is 0 Å². The summed E-state index contributed by atoms with van der Waals surface area (Å²) in [6, 6.07) is 7.31. The van der Waals surface area contributed by atoms with Crippen LogP contribution in [0.1, 0.15) is 36.7 Å². The molecule has 1 aromatic carbocycles. The molecule has 0 fully saturated rings. The number of nitrogens with one attached hydrogen (secondary N) is 1.